The monoisotopic (exact) mass is 242 g/mol. The molecule has 1 nitrogen and oxygen atoms in total. The molecule has 16 heavy (non-hydrogen) atoms. The molecule has 0 saturated carbocycles. The van der Waals surface area contributed by atoms with Crippen LogP contribution in [0.3, 0.4) is 0 Å². The van der Waals surface area contributed by atoms with Crippen LogP contribution in [-0.4, -0.2) is 13.2 Å². The number of halogens is 2. The van der Waals surface area contributed by atoms with Gasteiger partial charge in [-0.1, -0.05) is 0 Å². The van der Waals surface area contributed by atoms with Crippen molar-refractivity contribution in [3.63, 3.8) is 0 Å². The van der Waals surface area contributed by atoms with E-state index >= 15 is 0 Å². The van der Waals surface area contributed by atoms with Gasteiger partial charge in [-0.2, -0.15) is 0 Å². The largest absolute Gasteiger partial charge is 0.381 e. The first-order valence-electron chi connectivity index (χ1n) is 5.58. The third-order valence-corrected chi connectivity index (χ3v) is 3.79. The molecule has 1 aromatic rings. The topological polar surface area (TPSA) is 9.23 Å². The highest BCUT2D eigenvalue weighted by atomic mass is 35.5. The predicted molar refractivity (Wildman–Crippen MR) is 63.4 cm³/mol. The molecule has 1 aliphatic rings. The van der Waals surface area contributed by atoms with Gasteiger partial charge in [-0.05, 0) is 49.1 Å². The number of hydrogen-bond donors (Lipinski definition) is 0. The van der Waals surface area contributed by atoms with E-state index in [4.69, 9.17) is 16.3 Å². The minimum Gasteiger partial charge on any atom is -0.381 e. The van der Waals surface area contributed by atoms with Crippen molar-refractivity contribution in [2.75, 3.05) is 13.2 Å². The minimum absolute atomic E-state index is 0.0666. The minimum atomic E-state index is -0.190. The van der Waals surface area contributed by atoms with Crippen LogP contribution in [-0.2, 0) is 4.74 Å². The predicted octanol–water partition coefficient (Wildman–Crippen LogP) is 3.76. The fourth-order valence-electron chi connectivity index (χ4n) is 2.38. The summed E-state index contributed by atoms with van der Waals surface area (Å²) in [5, 5.41) is -0.0666. The summed E-state index contributed by atoms with van der Waals surface area (Å²) >= 11 is 6.47. The highest BCUT2D eigenvalue weighted by Gasteiger charge is 2.27. The van der Waals surface area contributed by atoms with Gasteiger partial charge in [-0.15, -0.1) is 11.6 Å². The van der Waals surface area contributed by atoms with E-state index in [1.165, 1.54) is 0 Å². The molecule has 1 saturated heterocycles. The van der Waals surface area contributed by atoms with Crippen molar-refractivity contribution in [3.05, 3.63) is 34.6 Å². The maximum atomic E-state index is 13.2. The number of ether oxygens (including phenoxy) is 1. The van der Waals surface area contributed by atoms with Gasteiger partial charge < -0.3 is 4.74 Å². The molecule has 0 bridgehead atoms. The van der Waals surface area contributed by atoms with Gasteiger partial charge in [-0.3, -0.25) is 0 Å². The van der Waals surface area contributed by atoms with E-state index in [1.807, 2.05) is 13.8 Å². The van der Waals surface area contributed by atoms with Gasteiger partial charge in [0.15, 0.2) is 0 Å². The highest BCUT2D eigenvalue weighted by Crippen LogP contribution is 2.37. The lowest BCUT2D eigenvalue weighted by atomic mass is 9.91. The van der Waals surface area contributed by atoms with Crippen LogP contribution >= 0.6 is 11.6 Å². The molecule has 1 aliphatic heterocycles. The first-order valence-corrected chi connectivity index (χ1v) is 6.01. The third kappa shape index (κ3) is 2.23. The molecule has 0 spiro atoms. The summed E-state index contributed by atoms with van der Waals surface area (Å²) in [6.45, 7) is 5.32. The average molecular weight is 243 g/mol. The molecule has 1 aromatic carbocycles. The van der Waals surface area contributed by atoms with E-state index in [2.05, 4.69) is 0 Å². The van der Waals surface area contributed by atoms with Crippen molar-refractivity contribution >= 4 is 11.6 Å². The zero-order valence-corrected chi connectivity index (χ0v) is 10.4. The van der Waals surface area contributed by atoms with Crippen LogP contribution in [0.2, 0.25) is 0 Å². The summed E-state index contributed by atoms with van der Waals surface area (Å²) < 4.78 is 18.5. The molecule has 0 N–H and O–H groups in total. The Morgan fingerprint density at radius 3 is 2.50 bits per heavy atom. The lowest BCUT2D eigenvalue weighted by molar-refractivity contribution is 0.185. The fourth-order valence-corrected chi connectivity index (χ4v) is 2.92. The van der Waals surface area contributed by atoms with Crippen molar-refractivity contribution in [3.8, 4) is 0 Å². The Kier molecular flexibility index (Phi) is 3.50. The second-order valence-electron chi connectivity index (χ2n) is 4.48. The van der Waals surface area contributed by atoms with Gasteiger partial charge in [0.25, 0.3) is 0 Å². The summed E-state index contributed by atoms with van der Waals surface area (Å²) in [4.78, 5) is 0. The Hall–Kier alpha value is -0.600. The fraction of sp³-hybridized carbons (Fsp3) is 0.538. The highest BCUT2D eigenvalue weighted by molar-refractivity contribution is 6.21. The molecule has 0 aromatic heterocycles. The molecular formula is C13H16ClFO. The Morgan fingerprint density at radius 2 is 2.00 bits per heavy atom. The van der Waals surface area contributed by atoms with Crippen LogP contribution in [0.5, 0.6) is 0 Å². The second kappa shape index (κ2) is 4.72. The second-order valence-corrected chi connectivity index (χ2v) is 4.95. The van der Waals surface area contributed by atoms with Crippen LogP contribution in [0.25, 0.3) is 0 Å². The number of hydrogen-bond acceptors (Lipinski definition) is 1. The molecule has 0 aliphatic carbocycles. The van der Waals surface area contributed by atoms with Gasteiger partial charge in [0.2, 0.25) is 0 Å². The SMILES string of the molecule is Cc1cc(F)cc(C)c1C(Cl)C1CCOC1. The summed E-state index contributed by atoms with van der Waals surface area (Å²) in [6, 6.07) is 3.10. The lowest BCUT2D eigenvalue weighted by Crippen LogP contribution is -2.10. The number of alkyl halides is 1. The van der Waals surface area contributed by atoms with Crippen molar-refractivity contribution < 1.29 is 9.13 Å². The quantitative estimate of drug-likeness (QED) is 0.718. The molecule has 1 heterocycles. The van der Waals surface area contributed by atoms with Crippen molar-refractivity contribution in [1.82, 2.24) is 0 Å². The van der Waals surface area contributed by atoms with Gasteiger partial charge >= 0.3 is 0 Å². The summed E-state index contributed by atoms with van der Waals surface area (Å²) in [5.74, 6) is 0.162. The maximum absolute atomic E-state index is 13.2. The molecule has 1 fully saturated rings. The number of rotatable bonds is 2. The van der Waals surface area contributed by atoms with Gasteiger partial charge in [0.1, 0.15) is 5.82 Å². The normalized spacial score (nSPS) is 22.4. The van der Waals surface area contributed by atoms with Crippen LogP contribution in [0.1, 0.15) is 28.5 Å². The first kappa shape index (κ1) is 11.9. The Labute approximate surface area is 101 Å². The van der Waals surface area contributed by atoms with Gasteiger partial charge in [-0.25, -0.2) is 4.39 Å². The van der Waals surface area contributed by atoms with Crippen molar-refractivity contribution in [2.24, 2.45) is 5.92 Å². The van der Waals surface area contributed by atoms with Crippen molar-refractivity contribution in [1.29, 1.82) is 0 Å². The molecule has 2 rings (SSSR count). The first-order chi connectivity index (χ1) is 7.59. The van der Waals surface area contributed by atoms with Gasteiger partial charge in [0.05, 0.1) is 12.0 Å². The maximum Gasteiger partial charge on any atom is 0.123 e. The number of benzene rings is 1. The smallest absolute Gasteiger partial charge is 0.123 e. The summed E-state index contributed by atoms with van der Waals surface area (Å²) in [5.41, 5.74) is 2.94. The van der Waals surface area contributed by atoms with Crippen LogP contribution < -0.4 is 0 Å². The molecule has 0 amide bonds. The summed E-state index contributed by atoms with van der Waals surface area (Å²) in [6.07, 6.45) is 0.990. The standard InChI is InChI=1S/C13H16ClFO/c1-8-5-11(15)6-9(2)12(8)13(14)10-3-4-16-7-10/h5-6,10,13H,3-4,7H2,1-2H3. The zero-order chi connectivity index (χ0) is 11.7. The molecule has 0 radical (unpaired) electrons. The Morgan fingerprint density at radius 1 is 1.38 bits per heavy atom. The summed E-state index contributed by atoms with van der Waals surface area (Å²) in [7, 11) is 0. The Balaban J connectivity index is 2.31. The molecule has 88 valence electrons. The van der Waals surface area contributed by atoms with E-state index in [-0.39, 0.29) is 11.2 Å². The van der Waals surface area contributed by atoms with Crippen LogP contribution in [0.15, 0.2) is 12.1 Å². The van der Waals surface area contributed by atoms with E-state index in [1.54, 1.807) is 12.1 Å². The molecule has 2 unspecified atom stereocenters. The molecular weight excluding hydrogens is 227 g/mol. The third-order valence-electron chi connectivity index (χ3n) is 3.21. The van der Waals surface area contributed by atoms with E-state index in [0.717, 1.165) is 29.7 Å². The Bertz CT molecular complexity index is 363. The van der Waals surface area contributed by atoms with E-state index in [0.29, 0.717) is 12.5 Å². The van der Waals surface area contributed by atoms with E-state index < -0.39 is 0 Å². The molecule has 2 atom stereocenters. The average Bonchev–Trinajstić information content (AvgIpc) is 2.67. The van der Waals surface area contributed by atoms with Gasteiger partial charge in [0, 0.05) is 12.5 Å². The van der Waals surface area contributed by atoms with Crippen LogP contribution in [0.4, 0.5) is 4.39 Å². The van der Waals surface area contributed by atoms with Crippen LogP contribution in [0, 0.1) is 25.6 Å². The van der Waals surface area contributed by atoms with E-state index in [9.17, 15) is 4.39 Å². The molecule has 3 heteroatoms. The van der Waals surface area contributed by atoms with Crippen molar-refractivity contribution in [2.45, 2.75) is 25.6 Å². The zero-order valence-electron chi connectivity index (χ0n) is 9.59. The number of aryl methyl sites for hydroxylation is 2. The lowest BCUT2D eigenvalue weighted by Gasteiger charge is -2.20.